The number of carbonyl (C=O) groups is 3. The van der Waals surface area contributed by atoms with Gasteiger partial charge in [0.25, 0.3) is 10.2 Å². The van der Waals surface area contributed by atoms with Gasteiger partial charge in [-0.15, -0.1) is 45.0 Å². The molecular formula is C27H43Cl2N5O11. The molecule has 3 N–H and O–H groups in total. The van der Waals surface area contributed by atoms with Crippen LogP contribution in [0.4, 0.5) is 0 Å². The van der Waals surface area contributed by atoms with Crippen molar-refractivity contribution in [3.63, 3.8) is 0 Å². The SMILES string of the molecule is Cl.Cl.NCCCC[C@H](N[C@@H](CCc1ccccc1)C(=O)OCCCO[N+](=O)[O-])C(=O)N1CCC[C@H]1C(=O)OCCCO[N+](=O)[O-]. The number of amides is 1. The second-order valence-electron chi connectivity index (χ2n) is 9.93. The Kier molecular flexibility index (Phi) is 22.0. The lowest BCUT2D eigenvalue weighted by Gasteiger charge is -2.30. The topological polar surface area (TPSA) is 216 Å². The van der Waals surface area contributed by atoms with Gasteiger partial charge in [0.15, 0.2) is 0 Å². The number of rotatable bonds is 22. The number of nitrogens with one attached hydrogen (secondary N) is 1. The van der Waals surface area contributed by atoms with Crippen LogP contribution < -0.4 is 11.1 Å². The van der Waals surface area contributed by atoms with Crippen LogP contribution >= 0.6 is 24.8 Å². The molecular weight excluding hydrogens is 641 g/mol. The number of nitrogens with zero attached hydrogens (tertiary/aromatic N) is 3. The van der Waals surface area contributed by atoms with Crippen LogP contribution in [0.1, 0.15) is 56.9 Å². The van der Waals surface area contributed by atoms with Crippen molar-refractivity contribution in [2.24, 2.45) is 5.73 Å². The second kappa shape index (κ2) is 23.9. The summed E-state index contributed by atoms with van der Waals surface area (Å²) < 4.78 is 10.6. The molecule has 256 valence electrons. The van der Waals surface area contributed by atoms with Gasteiger partial charge in [0.1, 0.15) is 12.1 Å². The van der Waals surface area contributed by atoms with Gasteiger partial charge in [-0.05, 0) is 50.6 Å². The minimum absolute atomic E-state index is 0. The monoisotopic (exact) mass is 683 g/mol. The first-order valence-electron chi connectivity index (χ1n) is 14.4. The molecule has 1 aromatic rings. The number of nitrogens with two attached hydrogens (primary N) is 1. The number of unbranched alkanes of at least 4 members (excludes halogenated alkanes) is 1. The predicted molar refractivity (Wildman–Crippen MR) is 165 cm³/mol. The van der Waals surface area contributed by atoms with E-state index in [-0.39, 0.29) is 70.0 Å². The van der Waals surface area contributed by atoms with Crippen molar-refractivity contribution in [1.29, 1.82) is 0 Å². The molecule has 2 rings (SSSR count). The summed E-state index contributed by atoms with van der Waals surface area (Å²) in [5.74, 6) is -1.57. The number of aryl methyl sites for hydroxylation is 1. The number of esters is 2. The molecule has 1 aliphatic heterocycles. The van der Waals surface area contributed by atoms with E-state index in [1.807, 2.05) is 30.3 Å². The highest BCUT2D eigenvalue weighted by Crippen LogP contribution is 2.22. The summed E-state index contributed by atoms with van der Waals surface area (Å²) in [6.07, 6.45) is 3.66. The van der Waals surface area contributed by atoms with E-state index in [2.05, 4.69) is 15.0 Å². The van der Waals surface area contributed by atoms with Crippen molar-refractivity contribution in [3.05, 3.63) is 56.1 Å². The van der Waals surface area contributed by atoms with Gasteiger partial charge < -0.3 is 29.8 Å². The molecule has 1 aliphatic rings. The maximum atomic E-state index is 13.8. The number of ether oxygens (including phenoxy) is 2. The fourth-order valence-corrected chi connectivity index (χ4v) is 4.65. The van der Waals surface area contributed by atoms with Crippen molar-refractivity contribution >= 4 is 42.7 Å². The standard InChI is InChI=1S/C27H41N5O11.2ClH/c28-15-5-4-11-22(25(33)30-16-6-12-24(30)27(35)41-18-8-20-43-32(38)39)29-23(14-13-21-9-2-1-3-10-21)26(34)40-17-7-19-42-31(36)37;;/h1-3,9-10,22-24,29H,4-8,11-20,28H2;2*1H/t22-,23-,24-;;/m0../s1. The van der Waals surface area contributed by atoms with Gasteiger partial charge in [0.05, 0.1) is 32.5 Å². The molecule has 0 aromatic heterocycles. The van der Waals surface area contributed by atoms with Gasteiger partial charge in [-0.3, -0.25) is 14.9 Å². The van der Waals surface area contributed by atoms with Gasteiger partial charge in [0, 0.05) is 19.4 Å². The maximum absolute atomic E-state index is 13.8. The summed E-state index contributed by atoms with van der Waals surface area (Å²) in [5.41, 5.74) is 6.65. The Balaban J connectivity index is 0.00000968. The zero-order valence-corrected chi connectivity index (χ0v) is 26.6. The first-order chi connectivity index (χ1) is 20.7. The normalized spacial score (nSPS) is 15.0. The maximum Gasteiger partial charge on any atom is 0.328 e. The molecule has 3 atom stereocenters. The first-order valence-corrected chi connectivity index (χ1v) is 14.4. The minimum atomic E-state index is -0.926. The molecule has 45 heavy (non-hydrogen) atoms. The Bertz CT molecular complexity index is 1040. The zero-order valence-electron chi connectivity index (χ0n) is 25.0. The molecule has 16 nitrogen and oxygen atoms in total. The fraction of sp³-hybridized carbons (Fsp3) is 0.667. The third-order valence-electron chi connectivity index (χ3n) is 6.76. The summed E-state index contributed by atoms with van der Waals surface area (Å²) in [6.45, 7) is 0.110. The van der Waals surface area contributed by atoms with Crippen molar-refractivity contribution in [3.8, 4) is 0 Å². The van der Waals surface area contributed by atoms with Crippen molar-refractivity contribution in [2.45, 2.75) is 75.9 Å². The van der Waals surface area contributed by atoms with Crippen LogP contribution in [0.25, 0.3) is 0 Å². The Morgan fingerprint density at radius 2 is 1.51 bits per heavy atom. The van der Waals surface area contributed by atoms with Gasteiger partial charge in [-0.2, -0.15) is 0 Å². The van der Waals surface area contributed by atoms with Crippen LogP contribution in [0.3, 0.4) is 0 Å². The van der Waals surface area contributed by atoms with Crippen molar-refractivity contribution in [1.82, 2.24) is 10.2 Å². The highest BCUT2D eigenvalue weighted by atomic mass is 35.5. The molecule has 18 heteroatoms. The third-order valence-corrected chi connectivity index (χ3v) is 6.76. The van der Waals surface area contributed by atoms with E-state index in [1.54, 1.807) is 0 Å². The van der Waals surface area contributed by atoms with Crippen LogP contribution in [0, 0.1) is 20.2 Å². The number of hydrogen-bond donors (Lipinski definition) is 2. The van der Waals surface area contributed by atoms with E-state index < -0.39 is 40.2 Å². The fourth-order valence-electron chi connectivity index (χ4n) is 4.65. The summed E-state index contributed by atoms with van der Waals surface area (Å²) in [7, 11) is 0. The summed E-state index contributed by atoms with van der Waals surface area (Å²) in [6, 6.07) is 6.97. The quantitative estimate of drug-likeness (QED) is 0.0776. The van der Waals surface area contributed by atoms with Crippen molar-refractivity contribution in [2.75, 3.05) is 39.5 Å². The Morgan fingerprint density at radius 3 is 2.11 bits per heavy atom. The van der Waals surface area contributed by atoms with E-state index in [4.69, 9.17) is 15.2 Å². The van der Waals surface area contributed by atoms with Crippen LogP contribution in [-0.4, -0.2) is 90.6 Å². The highest BCUT2D eigenvalue weighted by Gasteiger charge is 2.39. The Hall–Kier alpha value is -3.47. The molecule has 0 unspecified atom stereocenters. The van der Waals surface area contributed by atoms with Crippen LogP contribution in [-0.2, 0) is 40.0 Å². The predicted octanol–water partition coefficient (Wildman–Crippen LogP) is 2.19. The lowest BCUT2D eigenvalue weighted by atomic mass is 10.0. The Morgan fingerprint density at radius 1 is 0.889 bits per heavy atom. The number of halogens is 2. The van der Waals surface area contributed by atoms with E-state index >= 15 is 0 Å². The molecule has 1 saturated heterocycles. The zero-order chi connectivity index (χ0) is 31.5. The average molecular weight is 685 g/mol. The molecule has 0 spiro atoms. The van der Waals surface area contributed by atoms with E-state index in [0.717, 1.165) is 5.56 Å². The molecule has 1 aromatic carbocycles. The second-order valence-corrected chi connectivity index (χ2v) is 9.93. The number of benzene rings is 1. The molecule has 1 fully saturated rings. The summed E-state index contributed by atoms with van der Waals surface area (Å²) in [4.78, 5) is 70.3. The summed E-state index contributed by atoms with van der Waals surface area (Å²) in [5, 5.41) is 22.0. The van der Waals surface area contributed by atoms with Crippen molar-refractivity contribution < 1.29 is 43.7 Å². The molecule has 0 saturated carbocycles. The molecule has 1 heterocycles. The third kappa shape index (κ3) is 16.4. The van der Waals surface area contributed by atoms with E-state index in [1.165, 1.54) is 4.90 Å². The number of likely N-dealkylation sites (tertiary alicyclic amines) is 1. The van der Waals surface area contributed by atoms with Gasteiger partial charge >= 0.3 is 11.9 Å². The van der Waals surface area contributed by atoms with Gasteiger partial charge in [-0.1, -0.05) is 36.8 Å². The lowest BCUT2D eigenvalue weighted by molar-refractivity contribution is -0.757. The number of hydrogen-bond acceptors (Lipinski definition) is 13. The van der Waals surface area contributed by atoms with Gasteiger partial charge in [-0.25, -0.2) is 4.79 Å². The molecule has 0 aliphatic carbocycles. The van der Waals surface area contributed by atoms with Crippen LogP contribution in [0.2, 0.25) is 0 Å². The largest absolute Gasteiger partial charge is 0.464 e. The van der Waals surface area contributed by atoms with Crippen LogP contribution in [0.15, 0.2) is 30.3 Å². The Labute approximate surface area is 273 Å². The summed E-state index contributed by atoms with van der Waals surface area (Å²) >= 11 is 0. The molecule has 0 bridgehead atoms. The molecule has 0 radical (unpaired) electrons. The van der Waals surface area contributed by atoms with E-state index in [0.29, 0.717) is 58.0 Å². The van der Waals surface area contributed by atoms with Gasteiger partial charge in [0.2, 0.25) is 5.91 Å². The van der Waals surface area contributed by atoms with E-state index in [9.17, 15) is 34.6 Å². The average Bonchev–Trinajstić information content (AvgIpc) is 3.48. The minimum Gasteiger partial charge on any atom is -0.464 e. The lowest BCUT2D eigenvalue weighted by Crippen LogP contribution is -2.54. The smallest absolute Gasteiger partial charge is 0.328 e. The highest BCUT2D eigenvalue weighted by molar-refractivity contribution is 5.89. The molecule has 1 amide bonds. The van der Waals surface area contributed by atoms with Crippen LogP contribution in [0.5, 0.6) is 0 Å². The number of carbonyl (C=O) groups excluding carboxylic acids is 3. The first kappa shape index (κ1) is 41.5.